The Morgan fingerprint density at radius 3 is 2.22 bits per heavy atom. The van der Waals surface area contributed by atoms with E-state index in [2.05, 4.69) is 80.4 Å². The number of aliphatic hydroxyl groups excluding tert-OH is 1. The van der Waals surface area contributed by atoms with Gasteiger partial charge in [0.25, 0.3) is 0 Å². The molecule has 6 aromatic rings. The number of carbonyl (C=O) groups is 1. The Kier molecular flexibility index (Phi) is 12.3. The molecule has 0 bridgehead atoms. The second kappa shape index (κ2) is 15.7. The van der Waals surface area contributed by atoms with Crippen LogP contribution in [-0.4, -0.2) is 20.9 Å². The van der Waals surface area contributed by atoms with Crippen LogP contribution in [0.5, 0.6) is 0 Å². The van der Waals surface area contributed by atoms with E-state index in [1.165, 1.54) is 21.9 Å². The fourth-order valence-electron chi connectivity index (χ4n) is 5.97. The van der Waals surface area contributed by atoms with Gasteiger partial charge in [0.1, 0.15) is 17.7 Å². The summed E-state index contributed by atoms with van der Waals surface area (Å²) >= 11 is 1.73. The summed E-state index contributed by atoms with van der Waals surface area (Å²) in [4.78, 5) is 22.6. The monoisotopic (exact) mass is 866 g/mol. The molecule has 0 fully saturated rings. The van der Waals surface area contributed by atoms with E-state index in [1.54, 1.807) is 23.9 Å². The largest absolute Gasteiger partial charge is 0.512 e. The maximum absolute atomic E-state index is 12.2. The van der Waals surface area contributed by atoms with Crippen molar-refractivity contribution in [3.05, 3.63) is 96.7 Å². The van der Waals surface area contributed by atoms with Crippen molar-refractivity contribution in [2.24, 2.45) is 10.8 Å². The zero-order chi connectivity index (χ0) is 35.6. The number of furan rings is 1. The van der Waals surface area contributed by atoms with Gasteiger partial charge in [-0.25, -0.2) is 4.98 Å². The van der Waals surface area contributed by atoms with E-state index in [0.717, 1.165) is 69.1 Å². The van der Waals surface area contributed by atoms with Crippen LogP contribution in [-0.2, 0) is 30.3 Å². The van der Waals surface area contributed by atoms with Crippen molar-refractivity contribution < 1.29 is 34.4 Å². The van der Waals surface area contributed by atoms with Gasteiger partial charge in [-0.3, -0.25) is 9.78 Å². The Hall–Kier alpha value is -3.64. The maximum Gasteiger partial charge on any atom is 0.164 e. The average molecular weight is 866 g/mol. The third-order valence-corrected chi connectivity index (χ3v) is 11.7. The van der Waals surface area contributed by atoms with Gasteiger partial charge in [-0.2, -0.15) is 0 Å². The molecular weight excluding hydrogens is 817 g/mol. The van der Waals surface area contributed by atoms with Crippen LogP contribution in [0.3, 0.4) is 0 Å². The van der Waals surface area contributed by atoms with Gasteiger partial charge in [-0.1, -0.05) is 91.5 Å². The zero-order valence-corrected chi connectivity index (χ0v) is 33.9. The first-order chi connectivity index (χ1) is 23.3. The van der Waals surface area contributed by atoms with Gasteiger partial charge in [0.2, 0.25) is 0 Å². The molecular formula is C43H49IrN2O3S-. The van der Waals surface area contributed by atoms with Gasteiger partial charge >= 0.3 is 0 Å². The van der Waals surface area contributed by atoms with Gasteiger partial charge in [-0.05, 0) is 67.0 Å². The number of aromatic nitrogens is 2. The van der Waals surface area contributed by atoms with Crippen molar-refractivity contribution in [3.63, 3.8) is 0 Å². The summed E-state index contributed by atoms with van der Waals surface area (Å²) in [7, 11) is 0. The molecule has 0 aliphatic heterocycles. The molecule has 0 aliphatic carbocycles. The first-order valence-electron chi connectivity index (χ1n) is 17.4. The molecule has 0 atom stereocenters. The molecule has 1 N–H and O–H groups in total. The van der Waals surface area contributed by atoms with E-state index in [9.17, 15) is 9.90 Å². The van der Waals surface area contributed by atoms with E-state index in [1.807, 2.05) is 53.7 Å². The van der Waals surface area contributed by atoms with Crippen LogP contribution in [0.4, 0.5) is 0 Å². The maximum atomic E-state index is 12.2. The Morgan fingerprint density at radius 1 is 0.880 bits per heavy atom. The minimum absolute atomic E-state index is 0. The molecule has 0 saturated carbocycles. The number of nitrogens with zero attached hydrogens (tertiary/aromatic N) is 2. The van der Waals surface area contributed by atoms with E-state index in [0.29, 0.717) is 0 Å². The third-order valence-electron chi connectivity index (χ3n) is 10.5. The van der Waals surface area contributed by atoms with E-state index < -0.39 is 0 Å². The number of carbonyl (C=O) groups excluding carboxylic acids is 1. The molecule has 265 valence electrons. The number of hydrogen-bond donors (Lipinski definition) is 1. The van der Waals surface area contributed by atoms with Crippen LogP contribution in [0.25, 0.3) is 53.7 Å². The molecule has 1 radical (unpaired) electrons. The van der Waals surface area contributed by atoms with Gasteiger partial charge in [0, 0.05) is 57.7 Å². The van der Waals surface area contributed by atoms with Gasteiger partial charge in [0.15, 0.2) is 5.78 Å². The van der Waals surface area contributed by atoms with Crippen molar-refractivity contribution >= 4 is 49.1 Å². The summed E-state index contributed by atoms with van der Waals surface area (Å²) in [5, 5.41) is 13.6. The van der Waals surface area contributed by atoms with Crippen molar-refractivity contribution in [1.29, 1.82) is 0 Å². The molecule has 0 amide bonds. The van der Waals surface area contributed by atoms with Crippen LogP contribution in [0.1, 0.15) is 93.6 Å². The summed E-state index contributed by atoms with van der Waals surface area (Å²) < 4.78 is 6.58. The molecule has 50 heavy (non-hydrogen) atoms. The predicted molar refractivity (Wildman–Crippen MR) is 206 cm³/mol. The third kappa shape index (κ3) is 7.96. The van der Waals surface area contributed by atoms with Gasteiger partial charge < -0.3 is 9.52 Å². The normalized spacial score (nSPS) is 12.5. The number of allylic oxidation sites excluding steroid dienone is 2. The summed E-state index contributed by atoms with van der Waals surface area (Å²) in [5.74, 6) is 0.286. The fourth-order valence-corrected chi connectivity index (χ4v) is 7.08. The molecule has 3 aromatic carbocycles. The summed E-state index contributed by atoms with van der Waals surface area (Å²) in [6.45, 7) is 18.8. The first-order valence-corrected chi connectivity index (χ1v) is 18.2. The standard InChI is InChI=1S/C28H21N2OS.C15H28O2.Ir/c1-28(2,3)22-14-20(12-17-6-4-5-7-21(17)22)26-27-23(29-16-30-26)15-25(32-27)19-8-9-24-18(13-19)10-11-31-24;1-7-14(5,8-2)12(16)11-13(17)15(6,9-3)10-4;/h4-11,13-16H,1-3H3;11,16H,7-10H2,1-6H3;/q-1;;/b;12-11-;. The van der Waals surface area contributed by atoms with Crippen LogP contribution in [0.15, 0.2) is 89.5 Å². The second-order valence-electron chi connectivity index (χ2n) is 14.5. The smallest absolute Gasteiger partial charge is 0.164 e. The summed E-state index contributed by atoms with van der Waals surface area (Å²) in [6, 6.07) is 24.8. The molecule has 5 nitrogen and oxygen atoms in total. The quantitative estimate of drug-likeness (QED) is 0.0890. The molecule has 0 spiro atoms. The predicted octanol–water partition coefficient (Wildman–Crippen LogP) is 12.7. The Labute approximate surface area is 314 Å². The fraction of sp³-hybridized carbons (Fsp3) is 0.372. The summed E-state index contributed by atoms with van der Waals surface area (Å²) in [5.41, 5.74) is 5.68. The number of thiophene rings is 1. The Bertz CT molecular complexity index is 2130. The van der Waals surface area contributed by atoms with Crippen molar-refractivity contribution in [3.8, 4) is 21.7 Å². The number of benzene rings is 3. The second-order valence-corrected chi connectivity index (χ2v) is 15.6. The van der Waals surface area contributed by atoms with Crippen molar-refractivity contribution in [2.75, 3.05) is 0 Å². The van der Waals surface area contributed by atoms with Crippen LogP contribution in [0, 0.1) is 16.9 Å². The van der Waals surface area contributed by atoms with E-state index >= 15 is 0 Å². The molecule has 3 aromatic heterocycles. The molecule has 6 rings (SSSR count). The molecule has 7 heteroatoms. The molecule has 0 unspecified atom stereocenters. The van der Waals surface area contributed by atoms with Crippen LogP contribution >= 0.6 is 11.3 Å². The number of fused-ring (bicyclic) bond motifs is 3. The Balaban J connectivity index is 0.000000269. The van der Waals surface area contributed by atoms with E-state index in [-0.39, 0.29) is 47.9 Å². The topological polar surface area (TPSA) is 76.2 Å². The van der Waals surface area contributed by atoms with Crippen molar-refractivity contribution in [1.82, 2.24) is 9.97 Å². The van der Waals surface area contributed by atoms with E-state index in [4.69, 9.17) is 9.40 Å². The SMILES string of the molecule is CC(C)(C)c1cc(-c2ncnc3cc(-c4ccc5occc5c4)sc23)[c-]c2ccccc12.CCC(C)(CC)C(=O)/C=C(\O)C(C)(CC)CC.[Ir]. The van der Waals surface area contributed by atoms with Crippen LogP contribution < -0.4 is 0 Å². The summed E-state index contributed by atoms with van der Waals surface area (Å²) in [6.07, 6.45) is 8.14. The minimum Gasteiger partial charge on any atom is -0.512 e. The number of ketones is 1. The minimum atomic E-state index is -0.337. The van der Waals surface area contributed by atoms with Crippen molar-refractivity contribution in [2.45, 2.75) is 93.4 Å². The Morgan fingerprint density at radius 2 is 1.56 bits per heavy atom. The number of hydrogen-bond acceptors (Lipinski definition) is 6. The molecule has 0 aliphatic rings. The van der Waals surface area contributed by atoms with Gasteiger partial charge in [-0.15, -0.1) is 40.5 Å². The molecule has 0 saturated heterocycles. The van der Waals surface area contributed by atoms with Gasteiger partial charge in [0.05, 0.1) is 11.8 Å². The molecule has 3 heterocycles. The number of aliphatic hydroxyl groups is 1. The van der Waals surface area contributed by atoms with Crippen LogP contribution in [0.2, 0.25) is 0 Å². The zero-order valence-electron chi connectivity index (χ0n) is 30.7. The number of rotatable bonds is 9. The first kappa shape index (κ1) is 39.2. The average Bonchev–Trinajstić information content (AvgIpc) is 3.77.